The minimum absolute atomic E-state index is 0.489. The molecular weight excluding hydrogens is 258 g/mol. The van der Waals surface area contributed by atoms with E-state index in [1.54, 1.807) is 18.4 Å². The molecule has 0 aliphatic rings. The van der Waals surface area contributed by atoms with Crippen molar-refractivity contribution in [3.05, 3.63) is 51.7 Å². The fourth-order valence-electron chi connectivity index (χ4n) is 1.87. The van der Waals surface area contributed by atoms with Crippen LogP contribution in [0.1, 0.15) is 16.0 Å². The van der Waals surface area contributed by atoms with Gasteiger partial charge in [0.15, 0.2) is 0 Å². The van der Waals surface area contributed by atoms with Gasteiger partial charge >= 0.3 is 0 Å². The minimum Gasteiger partial charge on any atom is -0.496 e. The van der Waals surface area contributed by atoms with E-state index in [2.05, 4.69) is 17.5 Å². The second kappa shape index (κ2) is 7.28. The van der Waals surface area contributed by atoms with Crippen molar-refractivity contribution in [2.75, 3.05) is 13.7 Å². The van der Waals surface area contributed by atoms with Gasteiger partial charge in [-0.25, -0.2) is 0 Å². The first-order valence-corrected chi connectivity index (χ1v) is 7.17. The molecule has 0 amide bonds. The van der Waals surface area contributed by atoms with Crippen molar-refractivity contribution in [3.8, 4) is 5.75 Å². The molecule has 3 nitrogen and oxygen atoms in total. The van der Waals surface area contributed by atoms with Crippen LogP contribution >= 0.6 is 11.3 Å². The second-order valence-electron chi connectivity index (χ2n) is 4.23. The fraction of sp³-hybridized carbons (Fsp3) is 0.333. The highest BCUT2D eigenvalue weighted by Crippen LogP contribution is 2.20. The summed E-state index contributed by atoms with van der Waals surface area (Å²) in [5.74, 6) is 0.835. The molecule has 1 aromatic heterocycles. The Hall–Kier alpha value is -1.36. The van der Waals surface area contributed by atoms with Crippen LogP contribution in [-0.2, 0) is 24.3 Å². The van der Waals surface area contributed by atoms with Crippen molar-refractivity contribution in [3.63, 3.8) is 0 Å². The van der Waals surface area contributed by atoms with Gasteiger partial charge in [-0.05, 0) is 23.1 Å². The fourth-order valence-corrected chi connectivity index (χ4v) is 2.56. The van der Waals surface area contributed by atoms with Crippen molar-refractivity contribution < 1.29 is 9.47 Å². The zero-order valence-corrected chi connectivity index (χ0v) is 11.9. The average molecular weight is 277 g/mol. The maximum atomic E-state index is 5.69. The molecule has 0 aliphatic carbocycles. The van der Waals surface area contributed by atoms with E-state index in [0.717, 1.165) is 29.9 Å². The highest BCUT2D eigenvalue weighted by atomic mass is 32.1. The van der Waals surface area contributed by atoms with Crippen LogP contribution in [0.4, 0.5) is 0 Å². The number of methoxy groups -OCH3 is 1. The maximum absolute atomic E-state index is 5.69. The van der Waals surface area contributed by atoms with Gasteiger partial charge in [0.2, 0.25) is 0 Å². The largest absolute Gasteiger partial charge is 0.496 e. The van der Waals surface area contributed by atoms with Gasteiger partial charge in [0.1, 0.15) is 5.75 Å². The van der Waals surface area contributed by atoms with Crippen LogP contribution in [-0.4, -0.2) is 13.7 Å². The molecule has 2 rings (SSSR count). The van der Waals surface area contributed by atoms with E-state index in [1.807, 2.05) is 18.2 Å². The first-order valence-electron chi connectivity index (χ1n) is 6.29. The molecule has 0 aliphatic heterocycles. The number of rotatable bonds is 7. The molecule has 0 fully saturated rings. The molecule has 0 spiro atoms. The molecule has 0 saturated carbocycles. The lowest BCUT2D eigenvalue weighted by Gasteiger charge is -2.09. The van der Waals surface area contributed by atoms with E-state index in [9.17, 15) is 0 Å². The van der Waals surface area contributed by atoms with Crippen molar-refractivity contribution >= 4 is 11.3 Å². The van der Waals surface area contributed by atoms with E-state index >= 15 is 0 Å². The van der Waals surface area contributed by atoms with Crippen LogP contribution in [0.3, 0.4) is 0 Å². The van der Waals surface area contributed by atoms with Gasteiger partial charge in [0.25, 0.3) is 0 Å². The number of benzene rings is 1. The van der Waals surface area contributed by atoms with E-state index in [4.69, 9.17) is 15.2 Å². The molecule has 0 radical (unpaired) electrons. The van der Waals surface area contributed by atoms with Crippen molar-refractivity contribution in [2.24, 2.45) is 5.73 Å². The zero-order chi connectivity index (χ0) is 13.5. The van der Waals surface area contributed by atoms with E-state index in [0.29, 0.717) is 13.2 Å². The molecule has 1 heterocycles. The van der Waals surface area contributed by atoms with Crippen LogP contribution in [0.5, 0.6) is 5.75 Å². The monoisotopic (exact) mass is 277 g/mol. The Morgan fingerprint density at radius 1 is 1.26 bits per heavy atom. The maximum Gasteiger partial charge on any atom is 0.123 e. The van der Waals surface area contributed by atoms with Gasteiger partial charge < -0.3 is 15.2 Å². The third kappa shape index (κ3) is 4.06. The van der Waals surface area contributed by atoms with Crippen LogP contribution in [0.2, 0.25) is 0 Å². The molecule has 1 aromatic carbocycles. The van der Waals surface area contributed by atoms with Crippen LogP contribution < -0.4 is 10.5 Å². The Morgan fingerprint density at radius 2 is 2.16 bits per heavy atom. The number of hydrogen-bond donors (Lipinski definition) is 1. The normalized spacial score (nSPS) is 10.6. The van der Waals surface area contributed by atoms with Crippen molar-refractivity contribution in [2.45, 2.75) is 19.6 Å². The van der Waals surface area contributed by atoms with Gasteiger partial charge in [0.05, 0.1) is 20.3 Å². The summed E-state index contributed by atoms with van der Waals surface area (Å²) < 4.78 is 11.0. The van der Waals surface area contributed by atoms with Crippen LogP contribution in [0, 0.1) is 0 Å². The summed E-state index contributed by atoms with van der Waals surface area (Å²) in [6, 6.07) is 10.2. The summed E-state index contributed by atoms with van der Waals surface area (Å²) >= 11 is 1.77. The Balaban J connectivity index is 1.82. The Labute approximate surface area is 118 Å². The van der Waals surface area contributed by atoms with E-state index in [-0.39, 0.29) is 0 Å². The summed E-state index contributed by atoms with van der Waals surface area (Å²) in [6.45, 7) is 1.83. The third-order valence-corrected chi connectivity index (χ3v) is 3.85. The standard InChI is InChI=1S/C15H19NO2S/c1-17-15-9-12(4-5-13(15)10-16)11-18-7-6-14-3-2-8-19-14/h2-5,8-9H,6-7,10-11,16H2,1H3. The predicted molar refractivity (Wildman–Crippen MR) is 78.6 cm³/mol. The van der Waals surface area contributed by atoms with Crippen molar-refractivity contribution in [1.82, 2.24) is 0 Å². The van der Waals surface area contributed by atoms with E-state index < -0.39 is 0 Å². The molecule has 4 heteroatoms. The molecule has 0 bridgehead atoms. The third-order valence-electron chi connectivity index (χ3n) is 2.91. The first kappa shape index (κ1) is 14.1. The highest BCUT2D eigenvalue weighted by molar-refractivity contribution is 7.09. The molecule has 102 valence electrons. The quantitative estimate of drug-likeness (QED) is 0.791. The summed E-state index contributed by atoms with van der Waals surface area (Å²) in [4.78, 5) is 1.36. The zero-order valence-electron chi connectivity index (χ0n) is 11.1. The lowest BCUT2D eigenvalue weighted by atomic mass is 10.1. The second-order valence-corrected chi connectivity index (χ2v) is 5.26. The molecule has 19 heavy (non-hydrogen) atoms. The number of hydrogen-bond acceptors (Lipinski definition) is 4. The minimum atomic E-state index is 0.489. The summed E-state index contributed by atoms with van der Waals surface area (Å²) in [6.07, 6.45) is 0.968. The van der Waals surface area contributed by atoms with E-state index in [1.165, 1.54) is 4.88 Å². The Morgan fingerprint density at radius 3 is 2.84 bits per heavy atom. The Bertz CT molecular complexity index is 497. The summed E-state index contributed by atoms with van der Waals surface area (Å²) in [5, 5.41) is 2.09. The lowest BCUT2D eigenvalue weighted by molar-refractivity contribution is 0.124. The smallest absolute Gasteiger partial charge is 0.123 e. The van der Waals surface area contributed by atoms with Gasteiger partial charge in [-0.15, -0.1) is 11.3 Å². The summed E-state index contributed by atoms with van der Waals surface area (Å²) in [7, 11) is 1.66. The predicted octanol–water partition coefficient (Wildman–Crippen LogP) is 2.97. The first-order chi connectivity index (χ1) is 9.33. The molecule has 0 saturated heterocycles. The topological polar surface area (TPSA) is 44.5 Å². The van der Waals surface area contributed by atoms with Crippen LogP contribution in [0.25, 0.3) is 0 Å². The average Bonchev–Trinajstić information content (AvgIpc) is 2.96. The van der Waals surface area contributed by atoms with Gasteiger partial charge in [0, 0.05) is 23.4 Å². The molecule has 2 aromatic rings. The van der Waals surface area contributed by atoms with Gasteiger partial charge in [-0.2, -0.15) is 0 Å². The molecule has 0 unspecified atom stereocenters. The number of thiophene rings is 1. The summed E-state index contributed by atoms with van der Waals surface area (Å²) in [5.41, 5.74) is 7.77. The van der Waals surface area contributed by atoms with Gasteiger partial charge in [-0.1, -0.05) is 18.2 Å². The van der Waals surface area contributed by atoms with Crippen LogP contribution in [0.15, 0.2) is 35.7 Å². The molecule has 0 atom stereocenters. The lowest BCUT2D eigenvalue weighted by Crippen LogP contribution is -2.02. The SMILES string of the molecule is COc1cc(COCCc2cccs2)ccc1CN. The number of ether oxygens (including phenoxy) is 2. The highest BCUT2D eigenvalue weighted by Gasteiger charge is 2.03. The molecule has 2 N–H and O–H groups in total. The van der Waals surface area contributed by atoms with Gasteiger partial charge in [-0.3, -0.25) is 0 Å². The van der Waals surface area contributed by atoms with Crippen molar-refractivity contribution in [1.29, 1.82) is 0 Å². The number of nitrogens with two attached hydrogens (primary N) is 1. The Kier molecular flexibility index (Phi) is 5.39. The molecular formula is C15H19NO2S.